The Labute approximate surface area is 195 Å². The topological polar surface area (TPSA) is 111 Å². The van der Waals surface area contributed by atoms with Crippen LogP contribution in [0.2, 0.25) is 0 Å². The first-order chi connectivity index (χ1) is 16.0. The van der Waals surface area contributed by atoms with Crippen LogP contribution in [0, 0.1) is 11.6 Å². The van der Waals surface area contributed by atoms with Gasteiger partial charge in [0.2, 0.25) is 10.0 Å². The van der Waals surface area contributed by atoms with Gasteiger partial charge in [-0.3, -0.25) is 9.59 Å². The predicted molar refractivity (Wildman–Crippen MR) is 119 cm³/mol. The van der Waals surface area contributed by atoms with Gasteiger partial charge in [-0.2, -0.15) is 0 Å². The number of fused-ring (bicyclic) bond motifs is 1. The van der Waals surface area contributed by atoms with Crippen molar-refractivity contribution in [1.82, 2.24) is 19.2 Å². The SMILES string of the molecule is CCn1c(COC(=O)CCNC(=O)c2ccc(F)cc2F)nc2cc(S(=O)(=O)N(C)C)ccc21. The molecule has 3 rings (SSSR count). The summed E-state index contributed by atoms with van der Waals surface area (Å²) in [7, 11) is -0.748. The largest absolute Gasteiger partial charge is 0.457 e. The van der Waals surface area contributed by atoms with Crippen LogP contribution in [0.3, 0.4) is 0 Å². The van der Waals surface area contributed by atoms with Gasteiger partial charge >= 0.3 is 5.97 Å². The minimum Gasteiger partial charge on any atom is -0.457 e. The number of benzene rings is 2. The number of aromatic nitrogens is 2. The molecule has 0 aliphatic heterocycles. The fourth-order valence-corrected chi connectivity index (χ4v) is 4.18. The van der Waals surface area contributed by atoms with Gasteiger partial charge in [0.1, 0.15) is 24.1 Å². The molecule has 0 aliphatic rings. The van der Waals surface area contributed by atoms with Crippen molar-refractivity contribution in [3.63, 3.8) is 0 Å². The number of carbonyl (C=O) groups is 2. The van der Waals surface area contributed by atoms with Crippen molar-refractivity contribution in [1.29, 1.82) is 0 Å². The van der Waals surface area contributed by atoms with Crippen molar-refractivity contribution in [3.05, 3.63) is 59.4 Å². The van der Waals surface area contributed by atoms with Gasteiger partial charge < -0.3 is 14.6 Å². The van der Waals surface area contributed by atoms with E-state index < -0.39 is 33.5 Å². The smallest absolute Gasteiger partial charge is 0.308 e. The summed E-state index contributed by atoms with van der Waals surface area (Å²) in [5.41, 5.74) is 0.811. The molecule has 0 unspecified atom stereocenters. The number of rotatable bonds is 9. The third-order valence-electron chi connectivity index (χ3n) is 5.05. The summed E-state index contributed by atoms with van der Waals surface area (Å²) in [6, 6.07) is 7.19. The Kier molecular flexibility index (Phi) is 7.62. The van der Waals surface area contributed by atoms with Crippen LogP contribution in [0.15, 0.2) is 41.3 Å². The maximum atomic E-state index is 13.6. The zero-order valence-electron chi connectivity index (χ0n) is 18.8. The number of esters is 1. The number of carbonyl (C=O) groups excluding carboxylic acids is 2. The summed E-state index contributed by atoms with van der Waals surface area (Å²) in [5.74, 6) is -2.76. The Bertz CT molecular complexity index is 1340. The summed E-state index contributed by atoms with van der Waals surface area (Å²) < 4.78 is 59.5. The molecule has 0 atom stereocenters. The first-order valence-corrected chi connectivity index (χ1v) is 11.8. The lowest BCUT2D eigenvalue weighted by Gasteiger charge is -2.11. The van der Waals surface area contributed by atoms with Crippen molar-refractivity contribution >= 4 is 32.9 Å². The molecule has 3 aromatic rings. The first kappa shape index (κ1) is 25.2. The number of hydrogen-bond acceptors (Lipinski definition) is 6. The van der Waals surface area contributed by atoms with Crippen LogP contribution in [0.25, 0.3) is 11.0 Å². The molecule has 0 spiro atoms. The summed E-state index contributed by atoms with van der Waals surface area (Å²) in [6.07, 6.45) is -0.174. The lowest BCUT2D eigenvalue weighted by atomic mass is 10.2. The number of sulfonamides is 1. The summed E-state index contributed by atoms with van der Waals surface area (Å²) >= 11 is 0. The highest BCUT2D eigenvalue weighted by Gasteiger charge is 2.20. The molecule has 0 bridgehead atoms. The lowest BCUT2D eigenvalue weighted by molar-refractivity contribution is -0.145. The quantitative estimate of drug-likeness (QED) is 0.458. The van der Waals surface area contributed by atoms with Crippen LogP contribution >= 0.6 is 0 Å². The van der Waals surface area contributed by atoms with Crippen LogP contribution in [-0.2, 0) is 32.7 Å². The highest BCUT2D eigenvalue weighted by Crippen LogP contribution is 2.22. The number of aryl methyl sites for hydroxylation is 1. The van der Waals surface area contributed by atoms with Crippen molar-refractivity contribution in [3.8, 4) is 0 Å². The molecule has 1 amide bonds. The lowest BCUT2D eigenvalue weighted by Crippen LogP contribution is -2.27. The van der Waals surface area contributed by atoms with Gasteiger partial charge in [-0.15, -0.1) is 0 Å². The fourth-order valence-electron chi connectivity index (χ4n) is 3.26. The van der Waals surface area contributed by atoms with Gasteiger partial charge in [-0.1, -0.05) is 0 Å². The van der Waals surface area contributed by atoms with Gasteiger partial charge in [-0.05, 0) is 37.3 Å². The molecule has 34 heavy (non-hydrogen) atoms. The molecule has 1 N–H and O–H groups in total. The second-order valence-electron chi connectivity index (χ2n) is 7.50. The third kappa shape index (κ3) is 5.39. The molecule has 0 saturated heterocycles. The molecule has 12 heteroatoms. The van der Waals surface area contributed by atoms with E-state index in [9.17, 15) is 26.8 Å². The van der Waals surface area contributed by atoms with Gasteiger partial charge in [0.05, 0.1) is 27.9 Å². The zero-order chi connectivity index (χ0) is 25.0. The van der Waals surface area contributed by atoms with Crippen molar-refractivity contribution < 1.29 is 31.5 Å². The van der Waals surface area contributed by atoms with Crippen LogP contribution in [0.4, 0.5) is 8.78 Å². The van der Waals surface area contributed by atoms with E-state index in [-0.39, 0.29) is 30.0 Å². The second kappa shape index (κ2) is 10.3. The van der Waals surface area contributed by atoms with Crippen LogP contribution in [-0.4, -0.2) is 54.8 Å². The van der Waals surface area contributed by atoms with E-state index in [2.05, 4.69) is 10.3 Å². The van der Waals surface area contributed by atoms with Gasteiger partial charge in [-0.25, -0.2) is 26.5 Å². The predicted octanol–water partition coefficient (Wildman–Crippen LogP) is 2.45. The van der Waals surface area contributed by atoms with E-state index in [4.69, 9.17) is 4.74 Å². The maximum absolute atomic E-state index is 13.6. The number of amides is 1. The van der Waals surface area contributed by atoms with E-state index in [1.165, 1.54) is 26.2 Å². The third-order valence-corrected chi connectivity index (χ3v) is 6.86. The van der Waals surface area contributed by atoms with Crippen LogP contribution in [0.5, 0.6) is 0 Å². The highest BCUT2D eigenvalue weighted by atomic mass is 32.2. The Hall–Kier alpha value is -3.38. The molecule has 0 saturated carbocycles. The van der Waals surface area contributed by atoms with Crippen molar-refractivity contribution in [2.24, 2.45) is 0 Å². The number of imidazole rings is 1. The fraction of sp³-hybridized carbons (Fsp3) is 0.318. The molecular formula is C22H24F2N4O5S. The van der Waals surface area contributed by atoms with Crippen molar-refractivity contribution in [2.75, 3.05) is 20.6 Å². The number of hydrogen-bond donors (Lipinski definition) is 1. The summed E-state index contributed by atoms with van der Waals surface area (Å²) in [4.78, 5) is 28.6. The minimum atomic E-state index is -3.62. The van der Waals surface area contributed by atoms with E-state index >= 15 is 0 Å². The molecule has 182 valence electrons. The molecule has 0 radical (unpaired) electrons. The standard InChI is InChI=1S/C22H24F2N4O5S/c1-4-28-19-8-6-15(34(31,32)27(2)3)12-18(19)26-20(28)13-33-21(29)9-10-25-22(30)16-7-5-14(23)11-17(16)24/h5-8,11-12H,4,9-10,13H2,1-3H3,(H,25,30). The average molecular weight is 495 g/mol. The normalized spacial score (nSPS) is 11.7. The molecule has 2 aromatic carbocycles. The molecule has 9 nitrogen and oxygen atoms in total. The minimum absolute atomic E-state index is 0.0997. The van der Waals surface area contributed by atoms with Crippen LogP contribution < -0.4 is 5.32 Å². The Morgan fingerprint density at radius 3 is 2.53 bits per heavy atom. The average Bonchev–Trinajstić information content (AvgIpc) is 3.14. The Morgan fingerprint density at radius 1 is 1.15 bits per heavy atom. The van der Waals surface area contributed by atoms with E-state index in [0.717, 1.165) is 16.4 Å². The number of nitrogens with one attached hydrogen (secondary N) is 1. The van der Waals surface area contributed by atoms with Gasteiger partial charge in [0, 0.05) is 33.3 Å². The number of ether oxygens (including phenoxy) is 1. The van der Waals surface area contributed by atoms with Gasteiger partial charge in [0.15, 0.2) is 0 Å². The maximum Gasteiger partial charge on any atom is 0.308 e. The van der Waals surface area contributed by atoms with Crippen molar-refractivity contribution in [2.45, 2.75) is 31.4 Å². The molecule has 1 aromatic heterocycles. The number of nitrogens with zero attached hydrogens (tertiary/aromatic N) is 3. The zero-order valence-corrected chi connectivity index (χ0v) is 19.7. The van der Waals surface area contributed by atoms with E-state index in [1.54, 1.807) is 10.6 Å². The summed E-state index contributed by atoms with van der Waals surface area (Å²) in [5, 5.41) is 2.38. The molecule has 1 heterocycles. The van der Waals surface area contributed by atoms with Gasteiger partial charge in [0.25, 0.3) is 5.91 Å². The van der Waals surface area contributed by atoms with E-state index in [0.29, 0.717) is 29.5 Å². The molecular weight excluding hydrogens is 470 g/mol. The first-order valence-electron chi connectivity index (χ1n) is 10.3. The monoisotopic (exact) mass is 494 g/mol. The molecule has 0 fully saturated rings. The van der Waals surface area contributed by atoms with Crippen LogP contribution in [0.1, 0.15) is 29.5 Å². The Balaban J connectivity index is 1.62. The Morgan fingerprint density at radius 2 is 1.88 bits per heavy atom. The second-order valence-corrected chi connectivity index (χ2v) is 9.65. The highest BCUT2D eigenvalue weighted by molar-refractivity contribution is 7.89. The summed E-state index contributed by atoms with van der Waals surface area (Å²) in [6.45, 7) is 2.13. The molecule has 0 aliphatic carbocycles. The van der Waals surface area contributed by atoms with E-state index in [1.807, 2.05) is 6.92 Å². The number of halogens is 2.